The summed E-state index contributed by atoms with van der Waals surface area (Å²) < 4.78 is 22.6. The molecule has 0 fully saturated rings. The number of likely N-dealkylation sites (N-methyl/N-ethyl adjacent to an activating group) is 1. The maximum atomic E-state index is 15.8. The summed E-state index contributed by atoms with van der Waals surface area (Å²) in [5.74, 6) is -5.93. The molecule has 412 valence electrons. The van der Waals surface area contributed by atoms with Gasteiger partial charge in [0.2, 0.25) is 35.4 Å². The molecule has 3 aliphatic heterocycles. The molecule has 8 amide bonds. The van der Waals surface area contributed by atoms with E-state index in [1.54, 1.807) is 57.3 Å². The molecule has 22 nitrogen and oxygen atoms in total. The van der Waals surface area contributed by atoms with E-state index in [9.17, 15) is 53.1 Å². The van der Waals surface area contributed by atoms with Crippen LogP contribution in [0.1, 0.15) is 84.4 Å². The van der Waals surface area contributed by atoms with Gasteiger partial charge in [0.25, 0.3) is 17.4 Å². The highest BCUT2D eigenvalue weighted by atomic mass is 19.1. The molecule has 0 bridgehead atoms. The number of fused-ring (bicyclic) bond motifs is 5. The summed E-state index contributed by atoms with van der Waals surface area (Å²) in [5.41, 5.74) is 8.27. The molecule has 2 unspecified atom stereocenters. The number of hydrogen-bond acceptors (Lipinski definition) is 14. The Bertz CT molecular complexity index is 3180. The molecule has 0 saturated carbocycles. The third-order valence-electron chi connectivity index (χ3n) is 15.1. The molecule has 78 heavy (non-hydrogen) atoms. The molecule has 4 atom stereocenters. The SMILES string of the molecule is CC[C@@]1(O)C(=O)OCc2c1cc1n(c2=O)Cc2c-1nc1cc(F)c(C)c3c1c2CC(C(CC(N)=O)N(C)CCNC(=O)CNC(=O)[C@H](Cc1ccccc1)NC(=O)CNC(=O)CNC(=O)CCCCCN1C(=O)C=CC1=O)C3. The topological polar surface area (TPSA) is 311 Å². The largest absolute Gasteiger partial charge is 0.458 e. The number of hydrogen-bond donors (Lipinski definition) is 7. The van der Waals surface area contributed by atoms with Gasteiger partial charge in [-0.3, -0.25) is 48.1 Å². The molecule has 1 aliphatic carbocycles. The van der Waals surface area contributed by atoms with Crippen molar-refractivity contribution >= 4 is 64.1 Å². The number of carbonyl (C=O) groups excluding carboxylic acids is 9. The molecule has 4 aliphatic rings. The zero-order chi connectivity index (χ0) is 56.0. The van der Waals surface area contributed by atoms with Crippen LogP contribution in [0.25, 0.3) is 22.3 Å². The van der Waals surface area contributed by atoms with Gasteiger partial charge in [-0.15, -0.1) is 0 Å². The lowest BCUT2D eigenvalue weighted by Gasteiger charge is -2.38. The van der Waals surface area contributed by atoms with Gasteiger partial charge in [0, 0.05) is 79.7 Å². The fraction of sp³-hybridized carbons (Fsp3) is 0.436. The zero-order valence-corrected chi connectivity index (χ0v) is 43.6. The number of esters is 1. The summed E-state index contributed by atoms with van der Waals surface area (Å²) in [5, 5.41) is 25.0. The Labute approximate surface area is 447 Å². The number of aliphatic hydroxyl groups is 1. The summed E-state index contributed by atoms with van der Waals surface area (Å²) in [6.07, 6.45) is 4.78. The average Bonchev–Trinajstić information content (AvgIpc) is 4.12. The number of pyridine rings is 2. The summed E-state index contributed by atoms with van der Waals surface area (Å²) in [7, 11) is 1.78. The molecule has 5 heterocycles. The van der Waals surface area contributed by atoms with Crippen LogP contribution < -0.4 is 37.9 Å². The second kappa shape index (κ2) is 24.0. The number of unbranched alkanes of at least 4 members (excludes halogenated alkanes) is 2. The van der Waals surface area contributed by atoms with E-state index in [2.05, 4.69) is 26.6 Å². The molecule has 8 N–H and O–H groups in total. The summed E-state index contributed by atoms with van der Waals surface area (Å²) >= 11 is 0. The number of cyclic esters (lactones) is 1. The van der Waals surface area contributed by atoms with E-state index in [0.29, 0.717) is 65.7 Å². The number of primary amides is 1. The van der Waals surface area contributed by atoms with Crippen LogP contribution in [0, 0.1) is 18.7 Å². The lowest BCUT2D eigenvalue weighted by atomic mass is 9.75. The van der Waals surface area contributed by atoms with E-state index in [1.165, 1.54) is 22.8 Å². The number of halogens is 1. The second-order valence-electron chi connectivity index (χ2n) is 20.2. The third kappa shape index (κ3) is 12.2. The molecule has 0 spiro atoms. The quantitative estimate of drug-likeness (QED) is 0.0245. The van der Waals surface area contributed by atoms with Crippen molar-refractivity contribution in [1.29, 1.82) is 0 Å². The van der Waals surface area contributed by atoms with Crippen molar-refractivity contribution in [2.24, 2.45) is 11.7 Å². The highest BCUT2D eigenvalue weighted by Gasteiger charge is 2.46. The minimum atomic E-state index is -2.04. The smallest absolute Gasteiger partial charge is 0.343 e. The van der Waals surface area contributed by atoms with Crippen LogP contribution in [0.5, 0.6) is 0 Å². The van der Waals surface area contributed by atoms with Crippen molar-refractivity contribution in [3.8, 4) is 11.4 Å². The summed E-state index contributed by atoms with van der Waals surface area (Å²) in [6, 6.07) is 10.1. The Hall–Kier alpha value is -8.18. The van der Waals surface area contributed by atoms with Gasteiger partial charge in [0.05, 0.1) is 48.6 Å². The Morgan fingerprint density at radius 1 is 0.872 bits per heavy atom. The highest BCUT2D eigenvalue weighted by Crippen LogP contribution is 2.45. The van der Waals surface area contributed by atoms with Crippen LogP contribution in [-0.4, -0.2) is 136 Å². The van der Waals surface area contributed by atoms with Gasteiger partial charge in [0.1, 0.15) is 18.5 Å². The number of nitrogens with one attached hydrogen (secondary N) is 5. The first-order chi connectivity index (χ1) is 37.3. The number of nitrogens with zero attached hydrogens (tertiary/aromatic N) is 4. The fourth-order valence-corrected chi connectivity index (χ4v) is 10.8. The third-order valence-corrected chi connectivity index (χ3v) is 15.1. The first kappa shape index (κ1) is 56.0. The standard InChI is InChI=1S/C55H63FN10O12/c1-4-55(77)37-22-42-51-35(28-66(42)53(75)36(37)29-78-54(55)76)34-21-32(20-33-30(2)38(56)23-39(63-51)50(33)34)41(24-43(57)67)64(3)18-16-58-45(69)26-61-52(74)40(19-31-11-7-5-8-12-31)62-47(71)27-60-46(70)25-59-44(68)13-9-6-10-17-65-48(72)14-15-49(65)73/h5,7-8,11-12,14-15,22-23,32,40-41,77H,4,6,9-10,13,16-21,24-29H2,1-3H3,(H2,57,67)(H,58,69)(H,59,68)(H,60,70)(H,61,74)(H,62,71)/t32?,40-,41?,55-/m0/s1. The van der Waals surface area contributed by atoms with Crippen LogP contribution in [0.15, 0.2) is 59.4 Å². The van der Waals surface area contributed by atoms with Gasteiger partial charge < -0.3 is 51.6 Å². The van der Waals surface area contributed by atoms with Gasteiger partial charge in [-0.1, -0.05) is 43.7 Å². The lowest BCUT2D eigenvalue weighted by molar-refractivity contribution is -0.172. The van der Waals surface area contributed by atoms with E-state index >= 15 is 4.39 Å². The van der Waals surface area contributed by atoms with Crippen molar-refractivity contribution < 1.29 is 57.4 Å². The molecule has 2 aromatic heterocycles. The molecule has 0 radical (unpaired) electrons. The minimum Gasteiger partial charge on any atom is -0.458 e. The van der Waals surface area contributed by atoms with E-state index < -0.39 is 90.1 Å². The minimum absolute atomic E-state index is 0.0361. The maximum Gasteiger partial charge on any atom is 0.343 e. The Morgan fingerprint density at radius 2 is 1.55 bits per heavy atom. The van der Waals surface area contributed by atoms with E-state index in [0.717, 1.165) is 21.4 Å². The van der Waals surface area contributed by atoms with Gasteiger partial charge in [-0.25, -0.2) is 14.2 Å². The van der Waals surface area contributed by atoms with E-state index in [4.69, 9.17) is 15.5 Å². The van der Waals surface area contributed by atoms with Crippen LogP contribution in [0.4, 0.5) is 4.39 Å². The van der Waals surface area contributed by atoms with Crippen molar-refractivity contribution in [3.63, 3.8) is 0 Å². The summed E-state index contributed by atoms with van der Waals surface area (Å²) in [4.78, 5) is 135. The summed E-state index contributed by atoms with van der Waals surface area (Å²) in [6.45, 7) is 2.31. The van der Waals surface area contributed by atoms with Crippen molar-refractivity contribution in [3.05, 3.63) is 110 Å². The van der Waals surface area contributed by atoms with Crippen LogP contribution in [0.3, 0.4) is 0 Å². The number of nitrogens with two attached hydrogens (primary N) is 1. The molecular weight excluding hydrogens is 1010 g/mol. The first-order valence-corrected chi connectivity index (χ1v) is 26.0. The number of benzene rings is 2. The number of amides is 8. The number of rotatable bonds is 24. The van der Waals surface area contributed by atoms with E-state index in [-0.39, 0.29) is 87.3 Å². The molecule has 8 rings (SSSR count). The molecule has 0 saturated heterocycles. The van der Waals surface area contributed by atoms with Crippen molar-refractivity contribution in [2.45, 2.75) is 102 Å². The Balaban J connectivity index is 0.849. The number of aromatic nitrogens is 2. The number of ether oxygens (including phenoxy) is 1. The van der Waals surface area contributed by atoms with Crippen LogP contribution in [-0.2, 0) is 85.9 Å². The maximum absolute atomic E-state index is 15.8. The zero-order valence-electron chi connectivity index (χ0n) is 43.6. The molecule has 4 aromatic rings. The molecular formula is C55H63FN10O12. The normalized spacial score (nSPS) is 17.7. The lowest BCUT2D eigenvalue weighted by Crippen LogP contribution is -2.52. The van der Waals surface area contributed by atoms with Gasteiger partial charge in [-0.2, -0.15) is 0 Å². The highest BCUT2D eigenvalue weighted by molar-refractivity contribution is 6.12. The van der Waals surface area contributed by atoms with Gasteiger partial charge in [-0.05, 0) is 80.3 Å². The number of imide groups is 1. The molecule has 23 heteroatoms. The Kier molecular flexibility index (Phi) is 17.2. The fourth-order valence-electron chi connectivity index (χ4n) is 10.8. The van der Waals surface area contributed by atoms with Gasteiger partial charge >= 0.3 is 5.97 Å². The van der Waals surface area contributed by atoms with Crippen LogP contribution in [0.2, 0.25) is 0 Å². The number of carbonyl (C=O) groups is 9. The predicted octanol–water partition coefficient (Wildman–Crippen LogP) is 0.0954. The van der Waals surface area contributed by atoms with Crippen LogP contribution >= 0.6 is 0 Å². The van der Waals surface area contributed by atoms with Crippen molar-refractivity contribution in [1.82, 2.24) is 45.9 Å². The Morgan fingerprint density at radius 3 is 2.27 bits per heavy atom. The van der Waals surface area contributed by atoms with Gasteiger partial charge in [0.15, 0.2) is 5.60 Å². The molecule has 2 aromatic carbocycles. The van der Waals surface area contributed by atoms with E-state index in [1.807, 2.05) is 4.90 Å². The predicted molar refractivity (Wildman–Crippen MR) is 279 cm³/mol. The second-order valence-corrected chi connectivity index (χ2v) is 20.2. The first-order valence-electron chi connectivity index (χ1n) is 26.0. The average molecular weight is 1080 g/mol. The monoisotopic (exact) mass is 1070 g/mol. The van der Waals surface area contributed by atoms with Crippen molar-refractivity contribution in [2.75, 3.05) is 46.3 Å².